The van der Waals surface area contributed by atoms with Gasteiger partial charge in [-0.2, -0.15) is 0 Å². The van der Waals surface area contributed by atoms with Gasteiger partial charge < -0.3 is 9.26 Å². The van der Waals surface area contributed by atoms with Gasteiger partial charge in [0.25, 0.3) is 11.8 Å². The number of hydrogen-bond acceptors (Lipinski definition) is 5. The molecule has 132 valence electrons. The highest BCUT2D eigenvalue weighted by molar-refractivity contribution is 6.48. The summed E-state index contributed by atoms with van der Waals surface area (Å²) < 4.78 is 5.86. The molecule has 1 aliphatic rings. The predicted octanol–water partition coefficient (Wildman–Crippen LogP) is 2.28. The van der Waals surface area contributed by atoms with Crippen LogP contribution >= 0.6 is 0 Å². The van der Waals surface area contributed by atoms with Gasteiger partial charge >= 0.3 is 5.97 Å². The lowest BCUT2D eigenvalue weighted by molar-refractivity contribution is -0.208. The molecule has 7 heteroatoms. The van der Waals surface area contributed by atoms with Crippen LogP contribution in [0.1, 0.15) is 47.5 Å². The Kier molecular flexibility index (Phi) is 6.15. The topological polar surface area (TPSA) is 72.9 Å². The van der Waals surface area contributed by atoms with E-state index in [1.807, 2.05) is 20.8 Å². The highest BCUT2D eigenvalue weighted by atomic mass is 28.3. The number of hydroxylamine groups is 2. The monoisotopic (exact) mass is 343 g/mol. The molecule has 23 heavy (non-hydrogen) atoms. The maximum Gasteiger partial charge on any atom is 0.339 e. The van der Waals surface area contributed by atoms with Crippen molar-refractivity contribution in [2.75, 3.05) is 6.61 Å². The molecule has 0 aromatic rings. The van der Waals surface area contributed by atoms with Crippen LogP contribution in [-0.4, -0.2) is 38.5 Å². The summed E-state index contributed by atoms with van der Waals surface area (Å²) in [6.45, 7) is 14.3. The van der Waals surface area contributed by atoms with Crippen molar-refractivity contribution in [2.24, 2.45) is 16.7 Å². The molecular weight excluding hydrogens is 314 g/mol. The normalized spacial score (nSPS) is 17.8. The second kappa shape index (κ2) is 7.13. The third-order valence-electron chi connectivity index (χ3n) is 4.22. The third-order valence-corrected chi connectivity index (χ3v) is 5.08. The number of hydrogen-bond donors (Lipinski definition) is 0. The van der Waals surface area contributed by atoms with Crippen molar-refractivity contribution >= 4 is 26.8 Å². The van der Waals surface area contributed by atoms with E-state index in [2.05, 4.69) is 13.1 Å². The summed E-state index contributed by atoms with van der Waals surface area (Å²) in [5.41, 5.74) is -1.07. The minimum atomic E-state index is -1.22. The zero-order chi connectivity index (χ0) is 18.0. The molecule has 1 saturated heterocycles. The molecule has 6 nitrogen and oxygen atoms in total. The molecule has 0 bridgehead atoms. The van der Waals surface area contributed by atoms with Gasteiger partial charge in [-0.25, -0.2) is 4.79 Å². The molecule has 1 aliphatic heterocycles. The van der Waals surface area contributed by atoms with Gasteiger partial charge in [0.1, 0.15) is 0 Å². The Labute approximate surface area is 140 Å². The van der Waals surface area contributed by atoms with Crippen LogP contribution in [0.4, 0.5) is 0 Å². The highest BCUT2D eigenvalue weighted by Crippen LogP contribution is 2.41. The third kappa shape index (κ3) is 4.88. The molecule has 1 atom stereocenters. The number of carbonyl (C=O) groups is 3. The van der Waals surface area contributed by atoms with Crippen molar-refractivity contribution in [1.29, 1.82) is 0 Å². The Morgan fingerprint density at radius 1 is 1.13 bits per heavy atom. The van der Waals surface area contributed by atoms with Gasteiger partial charge in [0.2, 0.25) is 0 Å². The molecule has 1 fully saturated rings. The van der Waals surface area contributed by atoms with E-state index in [0.717, 1.165) is 0 Å². The highest BCUT2D eigenvalue weighted by Gasteiger charge is 2.47. The molecule has 0 spiro atoms. The number of amides is 2. The summed E-state index contributed by atoms with van der Waals surface area (Å²) in [5.74, 6) is -1.60. The van der Waals surface area contributed by atoms with Gasteiger partial charge in [0, 0.05) is 25.4 Å². The fourth-order valence-electron chi connectivity index (χ4n) is 2.83. The molecule has 0 aromatic heterocycles. The maximum absolute atomic E-state index is 12.6. The van der Waals surface area contributed by atoms with Gasteiger partial charge in [-0.05, 0) is 32.4 Å². The molecular formula is C16H29NO5Si. The Bertz CT molecular complexity index is 465. The maximum atomic E-state index is 12.6. The molecule has 0 aromatic carbocycles. The van der Waals surface area contributed by atoms with E-state index in [9.17, 15) is 14.4 Å². The second-order valence-electron chi connectivity index (χ2n) is 7.98. The zero-order valence-electron chi connectivity index (χ0n) is 15.3. The molecule has 1 heterocycles. The number of nitrogens with zero attached hydrogens (tertiary/aromatic N) is 1. The van der Waals surface area contributed by atoms with Gasteiger partial charge in [-0.1, -0.05) is 20.8 Å². The Morgan fingerprint density at radius 2 is 1.61 bits per heavy atom. The molecule has 0 saturated carbocycles. The minimum Gasteiger partial charge on any atom is -0.420 e. The van der Waals surface area contributed by atoms with Crippen LogP contribution in [0.2, 0.25) is 13.1 Å². The lowest BCUT2D eigenvalue weighted by Crippen LogP contribution is -2.47. The van der Waals surface area contributed by atoms with E-state index < -0.39 is 32.2 Å². The first-order chi connectivity index (χ1) is 10.4. The Hall–Kier alpha value is -1.21. The SMILES string of the molecule is C[SiH](C)OCC(C(C)(C)C)C(C)(C)C(=O)ON1C(=O)CCC1=O. The lowest BCUT2D eigenvalue weighted by Gasteiger charge is -2.41. The van der Waals surface area contributed by atoms with Gasteiger partial charge in [-0.3, -0.25) is 9.59 Å². The van der Waals surface area contributed by atoms with E-state index >= 15 is 0 Å². The van der Waals surface area contributed by atoms with Crippen molar-refractivity contribution in [3.05, 3.63) is 0 Å². The Morgan fingerprint density at radius 3 is 2.00 bits per heavy atom. The van der Waals surface area contributed by atoms with E-state index in [4.69, 9.17) is 9.26 Å². The summed E-state index contributed by atoms with van der Waals surface area (Å²) in [7, 11) is -1.22. The van der Waals surface area contributed by atoms with Crippen molar-refractivity contribution in [3.8, 4) is 0 Å². The summed E-state index contributed by atoms with van der Waals surface area (Å²) in [4.78, 5) is 41.0. The molecule has 0 N–H and O–H groups in total. The lowest BCUT2D eigenvalue weighted by atomic mass is 9.66. The van der Waals surface area contributed by atoms with Crippen LogP contribution in [0.5, 0.6) is 0 Å². The van der Waals surface area contributed by atoms with Crippen LogP contribution in [0, 0.1) is 16.7 Å². The van der Waals surface area contributed by atoms with E-state index in [1.165, 1.54) is 0 Å². The summed E-state index contributed by atoms with van der Waals surface area (Å²) in [6.07, 6.45) is 0.189. The summed E-state index contributed by atoms with van der Waals surface area (Å²) in [5, 5.41) is 0.613. The molecule has 0 radical (unpaired) electrons. The van der Waals surface area contributed by atoms with E-state index in [0.29, 0.717) is 11.7 Å². The van der Waals surface area contributed by atoms with Crippen molar-refractivity contribution < 1.29 is 23.6 Å². The molecule has 1 unspecified atom stereocenters. The summed E-state index contributed by atoms with van der Waals surface area (Å²) in [6, 6.07) is 0. The average molecular weight is 343 g/mol. The standard InChI is InChI=1S/C16H29NO5Si/c1-15(2,3)11(10-21-23(6)7)16(4,5)14(20)22-17-12(18)8-9-13(17)19/h11,23H,8-10H2,1-7H3. The smallest absolute Gasteiger partial charge is 0.339 e. The van der Waals surface area contributed by atoms with E-state index in [1.54, 1.807) is 13.8 Å². The molecule has 0 aliphatic carbocycles. The zero-order valence-corrected chi connectivity index (χ0v) is 16.4. The first-order valence-corrected chi connectivity index (χ1v) is 10.8. The van der Waals surface area contributed by atoms with Gasteiger partial charge in [-0.15, -0.1) is 5.06 Å². The first-order valence-electron chi connectivity index (χ1n) is 8.07. The number of carbonyl (C=O) groups excluding carboxylic acids is 3. The van der Waals surface area contributed by atoms with Crippen LogP contribution < -0.4 is 0 Å². The fourth-order valence-corrected chi connectivity index (χ4v) is 3.41. The number of imide groups is 1. The quantitative estimate of drug-likeness (QED) is 0.546. The first kappa shape index (κ1) is 19.8. The Balaban J connectivity index is 2.92. The van der Waals surface area contributed by atoms with E-state index in [-0.39, 0.29) is 24.2 Å². The largest absolute Gasteiger partial charge is 0.420 e. The summed E-state index contributed by atoms with van der Waals surface area (Å²) >= 11 is 0. The van der Waals surface area contributed by atoms with Crippen LogP contribution in [0.25, 0.3) is 0 Å². The number of rotatable bonds is 6. The predicted molar refractivity (Wildman–Crippen MR) is 88.7 cm³/mol. The van der Waals surface area contributed by atoms with Gasteiger partial charge in [0.15, 0.2) is 9.04 Å². The van der Waals surface area contributed by atoms with Gasteiger partial charge in [0.05, 0.1) is 5.41 Å². The van der Waals surface area contributed by atoms with Crippen molar-refractivity contribution in [1.82, 2.24) is 5.06 Å². The van der Waals surface area contributed by atoms with Crippen LogP contribution in [0.15, 0.2) is 0 Å². The van der Waals surface area contributed by atoms with Crippen molar-refractivity contribution in [2.45, 2.75) is 60.6 Å². The molecule has 1 rings (SSSR count). The van der Waals surface area contributed by atoms with Crippen LogP contribution in [0.3, 0.4) is 0 Å². The molecule has 2 amide bonds. The van der Waals surface area contributed by atoms with Crippen LogP contribution in [-0.2, 0) is 23.6 Å². The second-order valence-corrected chi connectivity index (χ2v) is 10.4. The van der Waals surface area contributed by atoms with Crippen molar-refractivity contribution in [3.63, 3.8) is 0 Å². The minimum absolute atomic E-state index is 0.0945. The average Bonchev–Trinajstić information content (AvgIpc) is 2.68. The fraction of sp³-hybridized carbons (Fsp3) is 0.812.